The Morgan fingerprint density at radius 1 is 1.12 bits per heavy atom. The zero-order valence-electron chi connectivity index (χ0n) is 9.86. The average molecular weight is 228 g/mol. The van der Waals surface area contributed by atoms with Crippen molar-refractivity contribution in [1.29, 1.82) is 0 Å². The van der Waals surface area contributed by atoms with Crippen molar-refractivity contribution < 1.29 is 4.79 Å². The van der Waals surface area contributed by atoms with Crippen LogP contribution in [-0.2, 0) is 0 Å². The summed E-state index contributed by atoms with van der Waals surface area (Å²) in [5, 5.41) is 2.22. The maximum absolute atomic E-state index is 11.8. The van der Waals surface area contributed by atoms with E-state index < -0.39 is 0 Å². The van der Waals surface area contributed by atoms with Gasteiger partial charge in [0.2, 0.25) is 0 Å². The van der Waals surface area contributed by atoms with Crippen molar-refractivity contribution >= 4 is 16.7 Å². The van der Waals surface area contributed by atoms with Crippen LogP contribution in [-0.4, -0.2) is 12.5 Å². The predicted octanol–water partition coefficient (Wildman–Crippen LogP) is 2.48. The van der Waals surface area contributed by atoms with Crippen molar-refractivity contribution in [2.45, 2.75) is 13.3 Å². The summed E-state index contributed by atoms with van der Waals surface area (Å²) in [7, 11) is 0. The van der Waals surface area contributed by atoms with E-state index in [1.807, 2.05) is 42.5 Å². The Bertz CT molecular complexity index is 522. The van der Waals surface area contributed by atoms with Crippen LogP contribution in [0.5, 0.6) is 0 Å². The van der Waals surface area contributed by atoms with Gasteiger partial charge in [-0.2, -0.15) is 0 Å². The molecule has 3 heteroatoms. The minimum atomic E-state index is -0.0933. The molecule has 0 saturated heterocycles. The maximum Gasteiger partial charge on any atom is 0.265 e. The molecular weight excluding hydrogens is 212 g/mol. The predicted molar refractivity (Wildman–Crippen MR) is 69.7 cm³/mol. The average Bonchev–Trinajstić information content (AvgIpc) is 2.38. The summed E-state index contributed by atoms with van der Waals surface area (Å²) in [6.07, 6.45) is 0.984. The SMILES string of the molecule is CCCNNC(=O)c1ccc2ccccc2c1. The second-order valence-electron chi connectivity index (χ2n) is 3.94. The summed E-state index contributed by atoms with van der Waals surface area (Å²) in [5.41, 5.74) is 6.23. The molecule has 1 amide bonds. The smallest absolute Gasteiger partial charge is 0.265 e. The lowest BCUT2D eigenvalue weighted by Crippen LogP contribution is -2.37. The molecule has 2 aromatic carbocycles. The molecule has 2 aromatic rings. The van der Waals surface area contributed by atoms with Gasteiger partial charge in [0.05, 0.1) is 0 Å². The number of fused-ring (bicyclic) bond motifs is 1. The monoisotopic (exact) mass is 228 g/mol. The molecule has 2 N–H and O–H groups in total. The minimum Gasteiger partial charge on any atom is -0.287 e. The summed E-state index contributed by atoms with van der Waals surface area (Å²) in [6.45, 7) is 2.83. The van der Waals surface area contributed by atoms with Gasteiger partial charge >= 0.3 is 0 Å². The normalized spacial score (nSPS) is 10.4. The van der Waals surface area contributed by atoms with E-state index >= 15 is 0 Å². The van der Waals surface area contributed by atoms with Crippen molar-refractivity contribution in [3.8, 4) is 0 Å². The molecule has 0 aliphatic carbocycles. The third-order valence-corrected chi connectivity index (χ3v) is 2.59. The molecule has 0 aliphatic rings. The molecule has 0 heterocycles. The number of nitrogens with one attached hydrogen (secondary N) is 2. The number of hydrogen-bond acceptors (Lipinski definition) is 2. The Hall–Kier alpha value is -1.87. The van der Waals surface area contributed by atoms with Gasteiger partial charge in [0.25, 0.3) is 5.91 Å². The first kappa shape index (κ1) is 11.6. The molecule has 3 nitrogen and oxygen atoms in total. The highest BCUT2D eigenvalue weighted by Gasteiger charge is 2.04. The molecule has 0 spiro atoms. The van der Waals surface area contributed by atoms with Crippen molar-refractivity contribution in [2.24, 2.45) is 0 Å². The van der Waals surface area contributed by atoms with E-state index in [0.29, 0.717) is 5.56 Å². The fourth-order valence-corrected chi connectivity index (χ4v) is 1.67. The van der Waals surface area contributed by atoms with Crippen LogP contribution in [0.25, 0.3) is 10.8 Å². The topological polar surface area (TPSA) is 41.1 Å². The molecule has 17 heavy (non-hydrogen) atoms. The highest BCUT2D eigenvalue weighted by Crippen LogP contribution is 2.15. The lowest BCUT2D eigenvalue weighted by atomic mass is 10.1. The van der Waals surface area contributed by atoms with Gasteiger partial charge < -0.3 is 0 Å². The van der Waals surface area contributed by atoms with E-state index in [0.717, 1.165) is 23.7 Å². The molecular formula is C14H16N2O. The van der Waals surface area contributed by atoms with Gasteiger partial charge in [0.1, 0.15) is 0 Å². The number of amides is 1. The molecule has 0 atom stereocenters. The van der Waals surface area contributed by atoms with Crippen molar-refractivity contribution in [1.82, 2.24) is 10.9 Å². The van der Waals surface area contributed by atoms with E-state index in [1.54, 1.807) is 0 Å². The number of benzene rings is 2. The lowest BCUT2D eigenvalue weighted by Gasteiger charge is -2.06. The van der Waals surface area contributed by atoms with E-state index in [4.69, 9.17) is 0 Å². The maximum atomic E-state index is 11.8. The molecule has 0 fully saturated rings. The zero-order chi connectivity index (χ0) is 12.1. The van der Waals surface area contributed by atoms with E-state index in [-0.39, 0.29) is 5.91 Å². The molecule has 0 aromatic heterocycles. The third kappa shape index (κ3) is 2.82. The largest absolute Gasteiger partial charge is 0.287 e. The number of hydrogen-bond donors (Lipinski definition) is 2. The van der Waals surface area contributed by atoms with Crippen LogP contribution in [0.2, 0.25) is 0 Å². The zero-order valence-corrected chi connectivity index (χ0v) is 9.86. The highest BCUT2D eigenvalue weighted by molar-refractivity contribution is 5.98. The Morgan fingerprint density at radius 2 is 1.88 bits per heavy atom. The summed E-state index contributed by atoms with van der Waals surface area (Å²) in [6, 6.07) is 13.7. The van der Waals surface area contributed by atoms with Gasteiger partial charge in [-0.1, -0.05) is 37.3 Å². The van der Waals surface area contributed by atoms with Crippen LogP contribution >= 0.6 is 0 Å². The summed E-state index contributed by atoms with van der Waals surface area (Å²) in [5.74, 6) is -0.0933. The third-order valence-electron chi connectivity index (χ3n) is 2.59. The Kier molecular flexibility index (Phi) is 3.73. The summed E-state index contributed by atoms with van der Waals surface area (Å²) in [4.78, 5) is 11.8. The van der Waals surface area contributed by atoms with Crippen LogP contribution in [0.4, 0.5) is 0 Å². The quantitative estimate of drug-likeness (QED) is 0.623. The molecule has 0 radical (unpaired) electrons. The molecule has 2 rings (SSSR count). The van der Waals surface area contributed by atoms with Crippen LogP contribution in [0.1, 0.15) is 23.7 Å². The first-order chi connectivity index (χ1) is 8.31. The van der Waals surface area contributed by atoms with Gasteiger partial charge in [-0.25, -0.2) is 5.43 Å². The van der Waals surface area contributed by atoms with Gasteiger partial charge in [-0.15, -0.1) is 0 Å². The number of rotatable bonds is 4. The number of hydrazine groups is 1. The van der Waals surface area contributed by atoms with E-state index in [2.05, 4.69) is 17.8 Å². The second-order valence-corrected chi connectivity index (χ2v) is 3.94. The standard InChI is InChI=1S/C14H16N2O/c1-2-9-15-16-14(17)13-8-7-11-5-3-4-6-12(11)10-13/h3-8,10,15H,2,9H2,1H3,(H,16,17). The number of carbonyl (C=O) groups excluding carboxylic acids is 1. The van der Waals surface area contributed by atoms with Crippen LogP contribution < -0.4 is 10.9 Å². The minimum absolute atomic E-state index is 0.0933. The van der Waals surface area contributed by atoms with Gasteiger partial charge in [-0.05, 0) is 29.3 Å². The first-order valence-corrected chi connectivity index (χ1v) is 5.83. The molecule has 88 valence electrons. The van der Waals surface area contributed by atoms with E-state index in [9.17, 15) is 4.79 Å². The van der Waals surface area contributed by atoms with Crippen molar-refractivity contribution in [3.63, 3.8) is 0 Å². The Balaban J connectivity index is 2.15. The van der Waals surface area contributed by atoms with Gasteiger partial charge in [0, 0.05) is 12.1 Å². The van der Waals surface area contributed by atoms with E-state index in [1.165, 1.54) is 0 Å². The van der Waals surface area contributed by atoms with Crippen LogP contribution in [0, 0.1) is 0 Å². The first-order valence-electron chi connectivity index (χ1n) is 5.83. The highest BCUT2D eigenvalue weighted by atomic mass is 16.2. The van der Waals surface area contributed by atoms with Crippen molar-refractivity contribution in [3.05, 3.63) is 48.0 Å². The Labute approximate surface area is 101 Å². The second kappa shape index (κ2) is 5.46. The molecule has 0 aliphatic heterocycles. The fourth-order valence-electron chi connectivity index (χ4n) is 1.67. The summed E-state index contributed by atoms with van der Waals surface area (Å²) < 4.78 is 0. The molecule has 0 unspecified atom stereocenters. The fraction of sp³-hybridized carbons (Fsp3) is 0.214. The number of carbonyl (C=O) groups is 1. The van der Waals surface area contributed by atoms with Crippen molar-refractivity contribution in [2.75, 3.05) is 6.54 Å². The summed E-state index contributed by atoms with van der Waals surface area (Å²) >= 11 is 0. The molecule has 0 saturated carbocycles. The Morgan fingerprint density at radius 3 is 2.65 bits per heavy atom. The van der Waals surface area contributed by atoms with Gasteiger partial charge in [0.15, 0.2) is 0 Å². The van der Waals surface area contributed by atoms with Crippen LogP contribution in [0.3, 0.4) is 0 Å². The lowest BCUT2D eigenvalue weighted by molar-refractivity contribution is 0.0933. The molecule has 0 bridgehead atoms. The van der Waals surface area contributed by atoms with Crippen LogP contribution in [0.15, 0.2) is 42.5 Å². The van der Waals surface area contributed by atoms with Gasteiger partial charge in [-0.3, -0.25) is 10.2 Å².